The van der Waals surface area contributed by atoms with Crippen molar-refractivity contribution in [2.75, 3.05) is 20.3 Å². The molecule has 0 aliphatic carbocycles. The molecule has 5 heteroatoms. The summed E-state index contributed by atoms with van der Waals surface area (Å²) < 4.78 is 10.2. The van der Waals surface area contributed by atoms with E-state index in [1.165, 1.54) is 7.11 Å². The van der Waals surface area contributed by atoms with Gasteiger partial charge in [-0.1, -0.05) is 30.0 Å². The first-order valence-corrected chi connectivity index (χ1v) is 8.79. The van der Waals surface area contributed by atoms with Gasteiger partial charge < -0.3 is 14.8 Å². The van der Waals surface area contributed by atoms with E-state index in [0.29, 0.717) is 31.6 Å². The molecule has 0 saturated carbocycles. The maximum absolute atomic E-state index is 12.6. The normalized spacial score (nSPS) is 15.1. The quantitative estimate of drug-likeness (QED) is 0.672. The molecule has 1 N–H and O–H groups in total. The highest BCUT2D eigenvalue weighted by molar-refractivity contribution is 5.98. The van der Waals surface area contributed by atoms with Crippen molar-refractivity contribution in [3.63, 3.8) is 0 Å². The van der Waals surface area contributed by atoms with E-state index >= 15 is 0 Å². The van der Waals surface area contributed by atoms with Crippen LogP contribution in [0.3, 0.4) is 0 Å². The SMILES string of the molecule is COC(=O)C1(NC(=O)c2ccc(C#Cc3ccccc3)cc2)CCOCC1. The molecule has 27 heavy (non-hydrogen) atoms. The van der Waals surface area contributed by atoms with E-state index in [1.807, 2.05) is 30.3 Å². The second kappa shape index (κ2) is 8.52. The first-order valence-electron chi connectivity index (χ1n) is 8.79. The highest BCUT2D eigenvalue weighted by Gasteiger charge is 2.42. The molecule has 1 heterocycles. The van der Waals surface area contributed by atoms with Gasteiger partial charge in [-0.05, 0) is 36.4 Å². The molecule has 1 fully saturated rings. The summed E-state index contributed by atoms with van der Waals surface area (Å²) in [6.07, 6.45) is 0.790. The average molecular weight is 363 g/mol. The summed E-state index contributed by atoms with van der Waals surface area (Å²) in [4.78, 5) is 24.9. The predicted molar refractivity (Wildman–Crippen MR) is 101 cm³/mol. The van der Waals surface area contributed by atoms with Crippen LogP contribution in [-0.2, 0) is 14.3 Å². The Kier molecular flexibility index (Phi) is 5.90. The van der Waals surface area contributed by atoms with Gasteiger partial charge in [0, 0.05) is 42.7 Å². The van der Waals surface area contributed by atoms with E-state index in [4.69, 9.17) is 9.47 Å². The highest BCUT2D eigenvalue weighted by atomic mass is 16.5. The van der Waals surface area contributed by atoms with Crippen LogP contribution in [0.1, 0.15) is 34.3 Å². The number of nitrogens with one attached hydrogen (secondary N) is 1. The predicted octanol–water partition coefficient (Wildman–Crippen LogP) is 2.54. The van der Waals surface area contributed by atoms with Crippen LogP contribution in [0.5, 0.6) is 0 Å². The minimum atomic E-state index is -1.03. The van der Waals surface area contributed by atoms with Crippen LogP contribution in [0.25, 0.3) is 0 Å². The molecular weight excluding hydrogens is 342 g/mol. The molecule has 1 aliphatic rings. The van der Waals surface area contributed by atoms with Crippen molar-refractivity contribution in [2.24, 2.45) is 0 Å². The number of hydrogen-bond acceptors (Lipinski definition) is 4. The lowest BCUT2D eigenvalue weighted by Crippen LogP contribution is -2.58. The van der Waals surface area contributed by atoms with Crippen molar-refractivity contribution < 1.29 is 19.1 Å². The molecule has 2 aromatic carbocycles. The third-order valence-electron chi connectivity index (χ3n) is 4.55. The van der Waals surface area contributed by atoms with Gasteiger partial charge in [0.15, 0.2) is 0 Å². The Bertz CT molecular complexity index is 857. The summed E-state index contributed by atoms with van der Waals surface area (Å²) >= 11 is 0. The number of esters is 1. The molecule has 3 rings (SSSR count). The Morgan fingerprint density at radius 2 is 1.56 bits per heavy atom. The van der Waals surface area contributed by atoms with Crippen LogP contribution < -0.4 is 5.32 Å². The maximum atomic E-state index is 12.6. The second-order valence-electron chi connectivity index (χ2n) is 6.33. The zero-order valence-corrected chi connectivity index (χ0v) is 15.2. The highest BCUT2D eigenvalue weighted by Crippen LogP contribution is 2.23. The summed E-state index contributed by atoms with van der Waals surface area (Å²) in [5.74, 6) is 5.39. The lowest BCUT2D eigenvalue weighted by Gasteiger charge is -2.35. The third-order valence-corrected chi connectivity index (χ3v) is 4.55. The van der Waals surface area contributed by atoms with E-state index < -0.39 is 11.5 Å². The van der Waals surface area contributed by atoms with Crippen molar-refractivity contribution >= 4 is 11.9 Å². The Labute approximate surface area is 158 Å². The fourth-order valence-electron chi connectivity index (χ4n) is 2.96. The molecule has 1 amide bonds. The zero-order valence-electron chi connectivity index (χ0n) is 15.2. The van der Waals surface area contributed by atoms with Gasteiger partial charge in [0.05, 0.1) is 7.11 Å². The van der Waals surface area contributed by atoms with E-state index in [0.717, 1.165) is 11.1 Å². The van der Waals surface area contributed by atoms with Crippen LogP contribution in [0.2, 0.25) is 0 Å². The lowest BCUT2D eigenvalue weighted by molar-refractivity contribution is -0.152. The number of amides is 1. The van der Waals surface area contributed by atoms with Gasteiger partial charge in [-0.2, -0.15) is 0 Å². The molecule has 5 nitrogen and oxygen atoms in total. The Hall–Kier alpha value is -3.10. The molecule has 2 aromatic rings. The molecule has 0 atom stereocenters. The van der Waals surface area contributed by atoms with Gasteiger partial charge in [0.1, 0.15) is 5.54 Å². The summed E-state index contributed by atoms with van der Waals surface area (Å²) in [5.41, 5.74) is 1.17. The number of methoxy groups -OCH3 is 1. The monoisotopic (exact) mass is 363 g/mol. The van der Waals surface area contributed by atoms with Crippen LogP contribution in [0.4, 0.5) is 0 Å². The van der Waals surface area contributed by atoms with E-state index in [1.54, 1.807) is 24.3 Å². The number of hydrogen-bond donors (Lipinski definition) is 1. The molecule has 0 aromatic heterocycles. The largest absolute Gasteiger partial charge is 0.467 e. The Morgan fingerprint density at radius 3 is 2.15 bits per heavy atom. The van der Waals surface area contributed by atoms with Crippen LogP contribution in [0.15, 0.2) is 54.6 Å². The zero-order chi connectivity index (χ0) is 19.1. The van der Waals surface area contributed by atoms with Crippen LogP contribution in [-0.4, -0.2) is 37.7 Å². The molecule has 1 aliphatic heterocycles. The van der Waals surface area contributed by atoms with Crippen LogP contribution >= 0.6 is 0 Å². The topological polar surface area (TPSA) is 64.6 Å². The Morgan fingerprint density at radius 1 is 0.963 bits per heavy atom. The molecule has 0 spiro atoms. The van der Waals surface area contributed by atoms with Gasteiger partial charge in [0.25, 0.3) is 5.91 Å². The number of rotatable bonds is 3. The fourth-order valence-corrected chi connectivity index (χ4v) is 2.96. The number of carbonyl (C=O) groups excluding carboxylic acids is 2. The van der Waals surface area contributed by atoms with Gasteiger partial charge in [-0.15, -0.1) is 0 Å². The minimum Gasteiger partial charge on any atom is -0.467 e. The van der Waals surface area contributed by atoms with E-state index in [2.05, 4.69) is 17.2 Å². The van der Waals surface area contributed by atoms with Gasteiger partial charge >= 0.3 is 5.97 Å². The van der Waals surface area contributed by atoms with Gasteiger partial charge in [-0.3, -0.25) is 4.79 Å². The summed E-state index contributed by atoms with van der Waals surface area (Å²) in [6, 6.07) is 16.7. The van der Waals surface area contributed by atoms with Crippen molar-refractivity contribution in [1.82, 2.24) is 5.32 Å². The fraction of sp³-hybridized carbons (Fsp3) is 0.273. The first kappa shape index (κ1) is 18.7. The molecule has 138 valence electrons. The van der Waals surface area contributed by atoms with Crippen LogP contribution in [0, 0.1) is 11.8 Å². The van der Waals surface area contributed by atoms with E-state index in [-0.39, 0.29) is 5.91 Å². The van der Waals surface area contributed by atoms with Gasteiger partial charge in [0.2, 0.25) is 0 Å². The summed E-state index contributed by atoms with van der Waals surface area (Å²) in [6.45, 7) is 0.812. The van der Waals surface area contributed by atoms with Crippen molar-refractivity contribution in [3.8, 4) is 11.8 Å². The Balaban J connectivity index is 1.72. The van der Waals surface area contributed by atoms with Crippen molar-refractivity contribution in [2.45, 2.75) is 18.4 Å². The third kappa shape index (κ3) is 4.55. The molecule has 0 bridgehead atoms. The van der Waals surface area contributed by atoms with Crippen molar-refractivity contribution in [3.05, 3.63) is 71.3 Å². The number of benzene rings is 2. The lowest BCUT2D eigenvalue weighted by atomic mass is 9.89. The second-order valence-corrected chi connectivity index (χ2v) is 6.33. The average Bonchev–Trinajstić information content (AvgIpc) is 2.73. The molecule has 0 unspecified atom stereocenters. The smallest absolute Gasteiger partial charge is 0.331 e. The number of carbonyl (C=O) groups is 2. The molecule has 0 radical (unpaired) electrons. The molecule has 1 saturated heterocycles. The minimum absolute atomic E-state index is 0.315. The standard InChI is InChI=1S/C22H21NO4/c1-26-21(25)22(13-15-27-16-14-22)23-20(24)19-11-9-18(10-12-19)8-7-17-5-3-2-4-6-17/h2-6,9-12H,13-16H2,1H3,(H,23,24). The first-order chi connectivity index (χ1) is 13.1. The summed E-state index contributed by atoms with van der Waals surface area (Å²) in [5, 5.41) is 2.85. The summed E-state index contributed by atoms with van der Waals surface area (Å²) in [7, 11) is 1.33. The van der Waals surface area contributed by atoms with Crippen molar-refractivity contribution in [1.29, 1.82) is 0 Å². The molecular formula is C22H21NO4. The van der Waals surface area contributed by atoms with E-state index in [9.17, 15) is 9.59 Å². The number of ether oxygens (including phenoxy) is 2. The van der Waals surface area contributed by atoms with Gasteiger partial charge in [-0.25, -0.2) is 4.79 Å². The maximum Gasteiger partial charge on any atom is 0.331 e.